The van der Waals surface area contributed by atoms with Crippen molar-refractivity contribution in [1.29, 1.82) is 0 Å². The first-order valence-corrected chi connectivity index (χ1v) is 5.97. The van der Waals surface area contributed by atoms with E-state index in [9.17, 15) is 24.1 Å². The van der Waals surface area contributed by atoms with Gasteiger partial charge >= 0.3 is 11.7 Å². The molecule has 0 saturated carbocycles. The Morgan fingerprint density at radius 2 is 2.19 bits per heavy atom. The molecule has 1 aromatic carbocycles. The Hall–Kier alpha value is -2.55. The zero-order chi connectivity index (χ0) is 15.6. The summed E-state index contributed by atoms with van der Waals surface area (Å²) < 4.78 is 18.2. The van der Waals surface area contributed by atoms with Gasteiger partial charge in [0, 0.05) is 18.2 Å². The van der Waals surface area contributed by atoms with Gasteiger partial charge in [-0.15, -0.1) is 0 Å². The average molecular weight is 298 g/mol. The molecule has 21 heavy (non-hydrogen) atoms. The highest BCUT2D eigenvalue weighted by Crippen LogP contribution is 2.20. The second-order valence-electron chi connectivity index (χ2n) is 4.37. The van der Waals surface area contributed by atoms with E-state index in [-0.39, 0.29) is 25.3 Å². The Bertz CT molecular complexity index is 605. The number of halogens is 1. The molecular formula is C12H11FN2O6. The Balaban J connectivity index is 2.22. The van der Waals surface area contributed by atoms with Crippen LogP contribution in [-0.2, 0) is 9.53 Å². The standard InChI is InChI=1S/C12H11FN2O6/c13-8-2-1-7(5-9(8)15(19)20)11(16)14-3-4-21-10(6-14)12(17)18/h1-2,5,10H,3-4,6H2,(H,17,18). The zero-order valence-corrected chi connectivity index (χ0v) is 10.7. The molecule has 112 valence electrons. The number of carbonyl (C=O) groups excluding carboxylic acids is 1. The summed E-state index contributed by atoms with van der Waals surface area (Å²) in [6.07, 6.45) is -1.14. The van der Waals surface area contributed by atoms with E-state index < -0.39 is 34.4 Å². The average Bonchev–Trinajstić information content (AvgIpc) is 2.46. The molecule has 1 amide bonds. The summed E-state index contributed by atoms with van der Waals surface area (Å²) in [6.45, 7) is 0.0408. The van der Waals surface area contributed by atoms with Crippen LogP contribution in [-0.4, -0.2) is 52.6 Å². The minimum Gasteiger partial charge on any atom is -0.479 e. The van der Waals surface area contributed by atoms with Crippen LogP contribution in [0.25, 0.3) is 0 Å². The third-order valence-electron chi connectivity index (χ3n) is 3.02. The monoisotopic (exact) mass is 298 g/mol. The summed E-state index contributed by atoms with van der Waals surface area (Å²) in [4.78, 5) is 34.0. The molecule has 0 aromatic heterocycles. The summed E-state index contributed by atoms with van der Waals surface area (Å²) in [5, 5.41) is 19.5. The van der Waals surface area contributed by atoms with Crippen molar-refractivity contribution in [2.75, 3.05) is 19.7 Å². The first kappa shape index (κ1) is 14.9. The van der Waals surface area contributed by atoms with Crippen LogP contribution in [0.2, 0.25) is 0 Å². The van der Waals surface area contributed by atoms with Crippen LogP contribution in [0.4, 0.5) is 10.1 Å². The fourth-order valence-electron chi connectivity index (χ4n) is 1.95. The van der Waals surface area contributed by atoms with E-state index >= 15 is 0 Å². The quantitative estimate of drug-likeness (QED) is 0.648. The molecule has 8 nitrogen and oxygen atoms in total. The predicted molar refractivity (Wildman–Crippen MR) is 66.3 cm³/mol. The number of amides is 1. The number of carboxylic acids is 1. The van der Waals surface area contributed by atoms with Crippen molar-refractivity contribution in [3.63, 3.8) is 0 Å². The number of nitro benzene ring substituents is 1. The van der Waals surface area contributed by atoms with E-state index in [0.717, 1.165) is 18.2 Å². The molecule has 0 radical (unpaired) electrons. The van der Waals surface area contributed by atoms with E-state index in [1.54, 1.807) is 0 Å². The Labute approximate surface area is 117 Å². The third kappa shape index (κ3) is 3.14. The van der Waals surface area contributed by atoms with Crippen molar-refractivity contribution >= 4 is 17.6 Å². The van der Waals surface area contributed by atoms with Crippen LogP contribution in [0, 0.1) is 15.9 Å². The first-order chi connectivity index (χ1) is 9.90. The third-order valence-corrected chi connectivity index (χ3v) is 3.02. The lowest BCUT2D eigenvalue weighted by Gasteiger charge is -2.30. The number of hydrogen-bond donors (Lipinski definition) is 1. The lowest BCUT2D eigenvalue weighted by atomic mass is 10.1. The van der Waals surface area contributed by atoms with E-state index in [4.69, 9.17) is 9.84 Å². The van der Waals surface area contributed by atoms with Gasteiger partial charge in [-0.25, -0.2) is 4.79 Å². The SMILES string of the molecule is O=C(O)C1CN(C(=O)c2ccc(F)c([N+](=O)[O-])c2)CCO1. The number of morpholine rings is 1. The maximum Gasteiger partial charge on any atom is 0.334 e. The predicted octanol–water partition coefficient (Wildman–Crippen LogP) is 0.659. The van der Waals surface area contributed by atoms with Crippen LogP contribution in [0.1, 0.15) is 10.4 Å². The van der Waals surface area contributed by atoms with Gasteiger partial charge in [-0.05, 0) is 12.1 Å². The number of aliphatic carboxylic acids is 1. The van der Waals surface area contributed by atoms with Crippen molar-refractivity contribution in [2.45, 2.75) is 6.10 Å². The normalized spacial score (nSPS) is 18.3. The van der Waals surface area contributed by atoms with Crippen molar-refractivity contribution in [1.82, 2.24) is 4.90 Å². The maximum atomic E-state index is 13.2. The summed E-state index contributed by atoms with van der Waals surface area (Å²) in [5.41, 5.74) is -0.877. The minimum atomic E-state index is -1.20. The highest BCUT2D eigenvalue weighted by atomic mass is 19.1. The van der Waals surface area contributed by atoms with Crippen LogP contribution < -0.4 is 0 Å². The molecular weight excluding hydrogens is 287 g/mol. The fraction of sp³-hybridized carbons (Fsp3) is 0.333. The lowest BCUT2D eigenvalue weighted by molar-refractivity contribution is -0.387. The van der Waals surface area contributed by atoms with Crippen molar-refractivity contribution in [3.05, 3.63) is 39.7 Å². The molecule has 1 aliphatic rings. The molecule has 9 heteroatoms. The summed E-state index contributed by atoms with van der Waals surface area (Å²) in [6, 6.07) is 2.79. The van der Waals surface area contributed by atoms with Crippen molar-refractivity contribution in [3.8, 4) is 0 Å². The molecule has 1 unspecified atom stereocenters. The molecule has 1 saturated heterocycles. The topological polar surface area (TPSA) is 110 Å². The number of hydrogen-bond acceptors (Lipinski definition) is 5. The van der Waals surface area contributed by atoms with Crippen molar-refractivity contribution in [2.24, 2.45) is 0 Å². The van der Waals surface area contributed by atoms with Gasteiger partial charge in [-0.3, -0.25) is 14.9 Å². The fourth-order valence-corrected chi connectivity index (χ4v) is 1.95. The number of rotatable bonds is 3. The van der Waals surface area contributed by atoms with Crippen LogP contribution >= 0.6 is 0 Å². The molecule has 1 aliphatic heterocycles. The van der Waals surface area contributed by atoms with Gasteiger partial charge in [0.05, 0.1) is 18.1 Å². The first-order valence-electron chi connectivity index (χ1n) is 5.97. The molecule has 1 fully saturated rings. The van der Waals surface area contributed by atoms with E-state index in [1.807, 2.05) is 0 Å². The Morgan fingerprint density at radius 3 is 2.81 bits per heavy atom. The minimum absolute atomic E-state index is 0.0476. The molecule has 2 rings (SSSR count). The van der Waals surface area contributed by atoms with Crippen LogP contribution in [0.5, 0.6) is 0 Å². The van der Waals surface area contributed by atoms with Gasteiger partial charge in [-0.2, -0.15) is 4.39 Å². The molecule has 0 bridgehead atoms. The lowest BCUT2D eigenvalue weighted by Crippen LogP contribution is -2.48. The van der Waals surface area contributed by atoms with Crippen molar-refractivity contribution < 1.29 is 28.7 Å². The molecule has 0 aliphatic carbocycles. The van der Waals surface area contributed by atoms with E-state index in [2.05, 4.69) is 0 Å². The maximum absolute atomic E-state index is 13.2. The van der Waals surface area contributed by atoms with Gasteiger partial charge in [0.15, 0.2) is 6.10 Å². The largest absolute Gasteiger partial charge is 0.479 e. The number of ether oxygens (including phenoxy) is 1. The number of nitrogens with zero attached hydrogens (tertiary/aromatic N) is 2. The molecule has 1 aromatic rings. The van der Waals surface area contributed by atoms with Gasteiger partial charge in [0.25, 0.3) is 5.91 Å². The summed E-state index contributed by atoms with van der Waals surface area (Å²) >= 11 is 0. The number of nitro groups is 1. The second kappa shape index (κ2) is 5.83. The Morgan fingerprint density at radius 1 is 1.48 bits per heavy atom. The van der Waals surface area contributed by atoms with Crippen LogP contribution in [0.15, 0.2) is 18.2 Å². The highest BCUT2D eigenvalue weighted by molar-refractivity contribution is 5.95. The van der Waals surface area contributed by atoms with Gasteiger partial charge in [0.2, 0.25) is 5.82 Å². The summed E-state index contributed by atoms with van der Waals surface area (Å²) in [5.74, 6) is -2.84. The van der Waals surface area contributed by atoms with Gasteiger partial charge in [0.1, 0.15) is 0 Å². The zero-order valence-electron chi connectivity index (χ0n) is 10.7. The Kier molecular flexibility index (Phi) is 4.13. The molecule has 0 spiro atoms. The number of carboxylic acid groups (broad SMARTS) is 1. The van der Waals surface area contributed by atoms with Crippen LogP contribution in [0.3, 0.4) is 0 Å². The van der Waals surface area contributed by atoms with Gasteiger partial charge in [-0.1, -0.05) is 0 Å². The molecule has 1 atom stereocenters. The smallest absolute Gasteiger partial charge is 0.334 e. The number of benzene rings is 1. The molecule has 1 N–H and O–H groups in total. The van der Waals surface area contributed by atoms with Gasteiger partial charge < -0.3 is 14.7 Å². The van der Waals surface area contributed by atoms with E-state index in [0.29, 0.717) is 0 Å². The summed E-state index contributed by atoms with van der Waals surface area (Å²) in [7, 11) is 0. The highest BCUT2D eigenvalue weighted by Gasteiger charge is 2.30. The second-order valence-corrected chi connectivity index (χ2v) is 4.37. The number of carbonyl (C=O) groups is 2. The van der Waals surface area contributed by atoms with E-state index in [1.165, 1.54) is 4.90 Å². The molecule has 1 heterocycles.